The second kappa shape index (κ2) is 7.26. The van der Waals surface area contributed by atoms with E-state index in [1.54, 1.807) is 11.3 Å². The third kappa shape index (κ3) is 3.80. The van der Waals surface area contributed by atoms with Crippen LogP contribution in [0.1, 0.15) is 33.0 Å². The van der Waals surface area contributed by atoms with Gasteiger partial charge >= 0.3 is 0 Å². The Balaban J connectivity index is 1.68. The van der Waals surface area contributed by atoms with Gasteiger partial charge in [-0.3, -0.25) is 4.79 Å². The van der Waals surface area contributed by atoms with E-state index in [4.69, 9.17) is 4.74 Å². The molecule has 0 unspecified atom stereocenters. The summed E-state index contributed by atoms with van der Waals surface area (Å²) >= 11 is 4.95. The number of alkyl halides is 1. The summed E-state index contributed by atoms with van der Waals surface area (Å²) in [5, 5.41) is 3.81. The van der Waals surface area contributed by atoms with Gasteiger partial charge in [-0.25, -0.2) is 0 Å². The number of rotatable bonds is 7. The number of hydrogen-bond donors (Lipinski definition) is 1. The summed E-state index contributed by atoms with van der Waals surface area (Å²) in [6, 6.07) is 2.06. The maximum Gasteiger partial charge on any atom is 0.261 e. The van der Waals surface area contributed by atoms with Crippen molar-refractivity contribution in [3.63, 3.8) is 0 Å². The molecule has 0 atom stereocenters. The molecule has 0 bridgehead atoms. The molecule has 1 amide bonds. The summed E-state index contributed by atoms with van der Waals surface area (Å²) in [6.07, 6.45) is 4.39. The Hall–Kier alpha value is -0.390. The number of aryl methyl sites for hydroxylation is 2. The molecule has 1 aromatic heterocycles. The first-order chi connectivity index (χ1) is 8.81. The van der Waals surface area contributed by atoms with Crippen LogP contribution < -0.4 is 5.32 Å². The summed E-state index contributed by atoms with van der Waals surface area (Å²) in [5.74, 6) is 0.0647. The smallest absolute Gasteiger partial charge is 0.261 e. The highest BCUT2D eigenvalue weighted by Crippen LogP contribution is 2.30. The fraction of sp³-hybridized carbons (Fsp3) is 0.615. The van der Waals surface area contributed by atoms with Gasteiger partial charge in [0, 0.05) is 23.4 Å². The molecule has 0 aliphatic heterocycles. The van der Waals surface area contributed by atoms with Crippen molar-refractivity contribution in [1.29, 1.82) is 0 Å². The van der Waals surface area contributed by atoms with Crippen molar-refractivity contribution in [2.75, 3.05) is 25.1 Å². The number of amides is 1. The molecule has 0 spiro atoms. The SMILES string of the molecule is O=C(NCCCOCCBr)c1cc2c(s1)CCC2. The lowest BCUT2D eigenvalue weighted by Crippen LogP contribution is -2.24. The largest absolute Gasteiger partial charge is 0.381 e. The van der Waals surface area contributed by atoms with Crippen molar-refractivity contribution in [3.05, 3.63) is 21.4 Å². The molecular formula is C13H18BrNO2S. The van der Waals surface area contributed by atoms with Crippen LogP contribution in [0.2, 0.25) is 0 Å². The number of halogens is 1. The molecule has 5 heteroatoms. The van der Waals surface area contributed by atoms with Crippen LogP contribution in [-0.2, 0) is 17.6 Å². The Morgan fingerprint density at radius 2 is 2.33 bits per heavy atom. The Morgan fingerprint density at radius 1 is 1.44 bits per heavy atom. The fourth-order valence-corrected chi connectivity index (χ4v) is 3.46. The van der Waals surface area contributed by atoms with Crippen LogP contribution in [0.5, 0.6) is 0 Å². The van der Waals surface area contributed by atoms with Gasteiger partial charge < -0.3 is 10.1 Å². The molecule has 1 aliphatic carbocycles. The predicted molar refractivity (Wildman–Crippen MR) is 77.9 cm³/mol. The molecule has 0 saturated carbocycles. The van der Waals surface area contributed by atoms with E-state index in [1.807, 2.05) is 0 Å². The summed E-state index contributed by atoms with van der Waals surface area (Å²) in [7, 11) is 0. The van der Waals surface area contributed by atoms with E-state index in [1.165, 1.54) is 16.9 Å². The van der Waals surface area contributed by atoms with Gasteiger partial charge in [0.25, 0.3) is 5.91 Å². The maximum absolute atomic E-state index is 11.9. The molecule has 100 valence electrons. The number of hydrogen-bond acceptors (Lipinski definition) is 3. The van der Waals surface area contributed by atoms with Crippen molar-refractivity contribution < 1.29 is 9.53 Å². The number of carbonyl (C=O) groups is 1. The summed E-state index contributed by atoms with van der Waals surface area (Å²) < 4.78 is 5.32. The van der Waals surface area contributed by atoms with E-state index in [-0.39, 0.29) is 5.91 Å². The van der Waals surface area contributed by atoms with E-state index in [9.17, 15) is 4.79 Å². The third-order valence-corrected chi connectivity index (χ3v) is 4.50. The van der Waals surface area contributed by atoms with Crippen molar-refractivity contribution in [1.82, 2.24) is 5.32 Å². The molecule has 0 saturated heterocycles. The van der Waals surface area contributed by atoms with Crippen molar-refractivity contribution in [2.24, 2.45) is 0 Å². The lowest BCUT2D eigenvalue weighted by Gasteiger charge is -2.04. The van der Waals surface area contributed by atoms with Crippen LogP contribution in [0, 0.1) is 0 Å². The normalized spacial score (nSPS) is 13.6. The van der Waals surface area contributed by atoms with Gasteiger partial charge in [-0.05, 0) is 37.3 Å². The lowest BCUT2D eigenvalue weighted by atomic mass is 10.2. The number of ether oxygens (including phenoxy) is 1. The second-order valence-corrected chi connectivity index (χ2v) is 6.25. The monoisotopic (exact) mass is 331 g/mol. The van der Waals surface area contributed by atoms with Gasteiger partial charge in [0.05, 0.1) is 11.5 Å². The summed E-state index contributed by atoms with van der Waals surface area (Å²) in [4.78, 5) is 14.2. The minimum atomic E-state index is 0.0647. The van der Waals surface area contributed by atoms with E-state index in [0.29, 0.717) is 13.2 Å². The molecule has 1 aliphatic rings. The summed E-state index contributed by atoms with van der Waals surface area (Å²) in [5.41, 5.74) is 1.38. The third-order valence-electron chi connectivity index (χ3n) is 2.94. The number of thiophene rings is 1. The van der Waals surface area contributed by atoms with Crippen LogP contribution >= 0.6 is 27.3 Å². The highest BCUT2D eigenvalue weighted by Gasteiger charge is 2.17. The van der Waals surface area contributed by atoms with Gasteiger partial charge in [-0.2, -0.15) is 0 Å². The molecule has 2 rings (SSSR count). The highest BCUT2D eigenvalue weighted by molar-refractivity contribution is 9.09. The van der Waals surface area contributed by atoms with Gasteiger partial charge in [0.1, 0.15) is 0 Å². The van der Waals surface area contributed by atoms with E-state index in [0.717, 1.165) is 36.1 Å². The molecular weight excluding hydrogens is 314 g/mol. The van der Waals surface area contributed by atoms with Gasteiger partial charge in [0.15, 0.2) is 0 Å². The Labute approximate surface area is 120 Å². The Morgan fingerprint density at radius 3 is 3.11 bits per heavy atom. The first-order valence-electron chi connectivity index (χ1n) is 6.34. The predicted octanol–water partition coefficient (Wildman–Crippen LogP) is 2.77. The van der Waals surface area contributed by atoms with E-state index >= 15 is 0 Å². The van der Waals surface area contributed by atoms with E-state index in [2.05, 4.69) is 27.3 Å². The van der Waals surface area contributed by atoms with Crippen molar-refractivity contribution >= 4 is 33.2 Å². The Kier molecular flexibility index (Phi) is 5.66. The molecule has 1 heterocycles. The van der Waals surface area contributed by atoms with Crippen molar-refractivity contribution in [2.45, 2.75) is 25.7 Å². The standard InChI is InChI=1S/C13H18BrNO2S/c14-5-8-17-7-2-6-15-13(16)12-9-10-3-1-4-11(10)18-12/h9H,1-8H2,(H,15,16). The molecule has 0 fully saturated rings. The van der Waals surface area contributed by atoms with Crippen molar-refractivity contribution in [3.8, 4) is 0 Å². The fourth-order valence-electron chi connectivity index (χ4n) is 2.06. The average molecular weight is 332 g/mol. The molecule has 0 radical (unpaired) electrons. The quantitative estimate of drug-likeness (QED) is 0.616. The highest BCUT2D eigenvalue weighted by atomic mass is 79.9. The topological polar surface area (TPSA) is 38.3 Å². The molecule has 1 N–H and O–H groups in total. The first-order valence-corrected chi connectivity index (χ1v) is 8.28. The minimum absolute atomic E-state index is 0.0647. The van der Waals surface area contributed by atoms with Gasteiger partial charge in [-0.1, -0.05) is 15.9 Å². The number of fused-ring (bicyclic) bond motifs is 1. The maximum atomic E-state index is 11.9. The summed E-state index contributed by atoms with van der Waals surface area (Å²) in [6.45, 7) is 2.11. The van der Waals surface area contributed by atoms with E-state index < -0.39 is 0 Å². The van der Waals surface area contributed by atoms with Gasteiger partial charge in [-0.15, -0.1) is 11.3 Å². The van der Waals surface area contributed by atoms with Crippen LogP contribution in [0.15, 0.2) is 6.07 Å². The zero-order chi connectivity index (χ0) is 12.8. The molecule has 0 aromatic carbocycles. The second-order valence-electron chi connectivity index (χ2n) is 4.32. The molecule has 1 aromatic rings. The van der Waals surface area contributed by atoms with Gasteiger partial charge in [0.2, 0.25) is 0 Å². The Bertz CT molecular complexity index is 384. The number of carbonyl (C=O) groups excluding carboxylic acids is 1. The lowest BCUT2D eigenvalue weighted by molar-refractivity contribution is 0.0948. The molecule has 3 nitrogen and oxygen atoms in total. The average Bonchev–Trinajstić information content (AvgIpc) is 2.93. The van der Waals surface area contributed by atoms with Crippen LogP contribution in [-0.4, -0.2) is 31.0 Å². The van der Waals surface area contributed by atoms with Crippen LogP contribution in [0.3, 0.4) is 0 Å². The van der Waals surface area contributed by atoms with Crippen LogP contribution in [0.25, 0.3) is 0 Å². The minimum Gasteiger partial charge on any atom is -0.381 e. The first kappa shape index (κ1) is 14.0. The number of nitrogens with one attached hydrogen (secondary N) is 1. The zero-order valence-corrected chi connectivity index (χ0v) is 12.7. The van der Waals surface area contributed by atoms with Crippen LogP contribution in [0.4, 0.5) is 0 Å². The zero-order valence-electron chi connectivity index (χ0n) is 10.3. The molecule has 18 heavy (non-hydrogen) atoms.